The van der Waals surface area contributed by atoms with Crippen LogP contribution < -0.4 is 0 Å². The number of ether oxygens (including phenoxy) is 1. The minimum atomic E-state index is 0.0140. The Morgan fingerprint density at radius 1 is 1.53 bits per heavy atom. The van der Waals surface area contributed by atoms with E-state index in [9.17, 15) is 9.90 Å². The summed E-state index contributed by atoms with van der Waals surface area (Å²) in [6.07, 6.45) is 0.291. The summed E-state index contributed by atoms with van der Waals surface area (Å²) in [5.41, 5.74) is 0.812. The van der Waals surface area contributed by atoms with Gasteiger partial charge in [-0.05, 0) is 24.6 Å². The lowest BCUT2D eigenvalue weighted by molar-refractivity contribution is -0.131. The number of amides is 1. The molecule has 1 aromatic rings. The molecule has 0 aliphatic carbocycles. The molecule has 4 heteroatoms. The van der Waals surface area contributed by atoms with Gasteiger partial charge in [-0.25, -0.2) is 0 Å². The number of carbonyl (C=O) groups excluding carboxylic acids is 1. The lowest BCUT2D eigenvalue weighted by atomic mass is 10.1. The summed E-state index contributed by atoms with van der Waals surface area (Å²) in [6, 6.07) is 6.80. The van der Waals surface area contributed by atoms with Crippen molar-refractivity contribution in [3.05, 3.63) is 29.8 Å². The average Bonchev–Trinajstić information content (AvgIpc) is 2.28. The van der Waals surface area contributed by atoms with E-state index < -0.39 is 0 Å². The smallest absolute Gasteiger partial charge is 0.227 e. The van der Waals surface area contributed by atoms with E-state index in [4.69, 9.17) is 4.74 Å². The number of nitrogens with zero attached hydrogens (tertiary/aromatic N) is 1. The first-order chi connectivity index (χ1) is 8.04. The average molecular weight is 237 g/mol. The molecule has 1 amide bonds. The number of carbonyl (C=O) groups is 1. The summed E-state index contributed by atoms with van der Waals surface area (Å²) in [5, 5.41) is 9.31. The Balaban J connectivity index is 2.60. The maximum absolute atomic E-state index is 11.9. The van der Waals surface area contributed by atoms with E-state index in [0.717, 1.165) is 5.56 Å². The molecule has 4 nitrogen and oxygen atoms in total. The second-order valence-corrected chi connectivity index (χ2v) is 4.16. The van der Waals surface area contributed by atoms with Crippen LogP contribution in [0.5, 0.6) is 5.75 Å². The first-order valence-electron chi connectivity index (χ1n) is 5.57. The minimum Gasteiger partial charge on any atom is -0.508 e. The zero-order chi connectivity index (χ0) is 12.8. The molecule has 17 heavy (non-hydrogen) atoms. The van der Waals surface area contributed by atoms with Gasteiger partial charge in [0.25, 0.3) is 0 Å². The van der Waals surface area contributed by atoms with Crippen molar-refractivity contribution in [1.29, 1.82) is 0 Å². The molecule has 0 radical (unpaired) electrons. The zero-order valence-corrected chi connectivity index (χ0v) is 10.5. The number of likely N-dealkylation sites (N-methyl/N-ethyl adjacent to an activating group) is 1. The van der Waals surface area contributed by atoms with E-state index >= 15 is 0 Å². The third-order valence-corrected chi connectivity index (χ3v) is 2.73. The Kier molecular flexibility index (Phi) is 4.97. The Labute approximate surface area is 102 Å². The van der Waals surface area contributed by atoms with Crippen molar-refractivity contribution < 1.29 is 14.6 Å². The Morgan fingerprint density at radius 3 is 2.82 bits per heavy atom. The van der Waals surface area contributed by atoms with Crippen LogP contribution in [0.25, 0.3) is 0 Å². The molecule has 1 rings (SSSR count). The molecule has 0 aromatic heterocycles. The molecular formula is C13H19NO3. The van der Waals surface area contributed by atoms with Crippen molar-refractivity contribution in [3.63, 3.8) is 0 Å². The van der Waals surface area contributed by atoms with Crippen molar-refractivity contribution in [2.24, 2.45) is 0 Å². The van der Waals surface area contributed by atoms with Gasteiger partial charge < -0.3 is 14.7 Å². The van der Waals surface area contributed by atoms with Crippen LogP contribution in [-0.4, -0.2) is 42.7 Å². The Bertz CT molecular complexity index is 379. The van der Waals surface area contributed by atoms with Crippen LogP contribution in [0.1, 0.15) is 12.5 Å². The van der Waals surface area contributed by atoms with Crippen molar-refractivity contribution in [2.45, 2.75) is 19.4 Å². The van der Waals surface area contributed by atoms with E-state index in [1.54, 1.807) is 37.3 Å². The van der Waals surface area contributed by atoms with Crippen LogP contribution in [0, 0.1) is 0 Å². The first-order valence-corrected chi connectivity index (χ1v) is 5.57. The fraction of sp³-hybridized carbons (Fsp3) is 0.462. The van der Waals surface area contributed by atoms with Gasteiger partial charge in [-0.15, -0.1) is 0 Å². The molecular weight excluding hydrogens is 218 g/mol. The summed E-state index contributed by atoms with van der Waals surface area (Å²) in [4.78, 5) is 13.6. The third kappa shape index (κ3) is 4.07. The van der Waals surface area contributed by atoms with Crippen LogP contribution in [0.2, 0.25) is 0 Å². The summed E-state index contributed by atoms with van der Waals surface area (Å²) in [7, 11) is 3.37. The molecule has 0 saturated heterocycles. The van der Waals surface area contributed by atoms with Gasteiger partial charge in [0.1, 0.15) is 5.75 Å². The lowest BCUT2D eigenvalue weighted by Crippen LogP contribution is -2.38. The molecule has 0 spiro atoms. The normalized spacial score (nSPS) is 12.2. The number of phenolic OH excluding ortho intramolecular Hbond substituents is 1. The van der Waals surface area contributed by atoms with Crippen LogP contribution in [0.15, 0.2) is 24.3 Å². The van der Waals surface area contributed by atoms with Gasteiger partial charge >= 0.3 is 0 Å². The second-order valence-electron chi connectivity index (χ2n) is 4.16. The maximum atomic E-state index is 11.9. The highest BCUT2D eigenvalue weighted by Crippen LogP contribution is 2.12. The van der Waals surface area contributed by atoms with E-state index in [-0.39, 0.29) is 17.7 Å². The number of aromatic hydroxyl groups is 1. The van der Waals surface area contributed by atoms with Gasteiger partial charge in [0.15, 0.2) is 0 Å². The van der Waals surface area contributed by atoms with Gasteiger partial charge in [-0.2, -0.15) is 0 Å². The summed E-state index contributed by atoms with van der Waals surface area (Å²) >= 11 is 0. The molecule has 0 saturated carbocycles. The molecule has 1 aromatic carbocycles. The van der Waals surface area contributed by atoms with Crippen LogP contribution in [-0.2, 0) is 16.0 Å². The molecule has 0 aliphatic heterocycles. The van der Waals surface area contributed by atoms with Gasteiger partial charge in [0.2, 0.25) is 5.91 Å². The van der Waals surface area contributed by atoms with Crippen LogP contribution in [0.4, 0.5) is 0 Å². The highest BCUT2D eigenvalue weighted by molar-refractivity contribution is 5.78. The highest BCUT2D eigenvalue weighted by atomic mass is 16.5. The molecule has 0 bridgehead atoms. The fourth-order valence-electron chi connectivity index (χ4n) is 1.56. The van der Waals surface area contributed by atoms with E-state index in [1.807, 2.05) is 13.0 Å². The van der Waals surface area contributed by atoms with Crippen LogP contribution in [0.3, 0.4) is 0 Å². The molecule has 0 fully saturated rings. The number of hydrogen-bond donors (Lipinski definition) is 1. The predicted molar refractivity (Wildman–Crippen MR) is 65.9 cm³/mol. The fourth-order valence-corrected chi connectivity index (χ4v) is 1.56. The van der Waals surface area contributed by atoms with E-state index in [1.165, 1.54) is 0 Å². The quantitative estimate of drug-likeness (QED) is 0.842. The van der Waals surface area contributed by atoms with Crippen molar-refractivity contribution >= 4 is 5.91 Å². The van der Waals surface area contributed by atoms with Crippen LogP contribution >= 0.6 is 0 Å². The Morgan fingerprint density at radius 2 is 2.24 bits per heavy atom. The van der Waals surface area contributed by atoms with Crippen molar-refractivity contribution in [2.75, 3.05) is 20.8 Å². The number of rotatable bonds is 5. The first kappa shape index (κ1) is 13.5. The second kappa shape index (κ2) is 6.25. The summed E-state index contributed by atoms with van der Waals surface area (Å²) in [6.45, 7) is 2.45. The summed E-state index contributed by atoms with van der Waals surface area (Å²) in [5.74, 6) is 0.197. The predicted octanol–water partition coefficient (Wildman–Crippen LogP) is 1.43. The van der Waals surface area contributed by atoms with Gasteiger partial charge in [-0.1, -0.05) is 12.1 Å². The van der Waals surface area contributed by atoms with Crippen molar-refractivity contribution in [3.8, 4) is 5.75 Å². The van der Waals surface area contributed by atoms with Crippen molar-refractivity contribution in [1.82, 2.24) is 4.90 Å². The zero-order valence-electron chi connectivity index (χ0n) is 10.5. The van der Waals surface area contributed by atoms with Gasteiger partial charge in [0, 0.05) is 14.2 Å². The summed E-state index contributed by atoms with van der Waals surface area (Å²) < 4.78 is 5.01. The topological polar surface area (TPSA) is 49.8 Å². The van der Waals surface area contributed by atoms with E-state index in [2.05, 4.69) is 0 Å². The monoisotopic (exact) mass is 237 g/mol. The number of methoxy groups -OCH3 is 1. The number of phenols is 1. The van der Waals surface area contributed by atoms with E-state index in [0.29, 0.717) is 13.0 Å². The molecule has 0 heterocycles. The lowest BCUT2D eigenvalue weighted by Gasteiger charge is -2.24. The Hall–Kier alpha value is -1.55. The molecule has 1 unspecified atom stereocenters. The molecule has 1 N–H and O–H groups in total. The largest absolute Gasteiger partial charge is 0.508 e. The molecule has 0 aliphatic rings. The van der Waals surface area contributed by atoms with Gasteiger partial charge in [0.05, 0.1) is 19.1 Å². The minimum absolute atomic E-state index is 0.0140. The molecule has 94 valence electrons. The maximum Gasteiger partial charge on any atom is 0.227 e. The molecule has 1 atom stereocenters. The number of hydrogen-bond acceptors (Lipinski definition) is 3. The highest BCUT2D eigenvalue weighted by Gasteiger charge is 2.15. The third-order valence-electron chi connectivity index (χ3n) is 2.73. The van der Waals surface area contributed by atoms with Gasteiger partial charge in [-0.3, -0.25) is 4.79 Å². The standard InChI is InChI=1S/C13H19NO3/c1-10(9-17-3)14(2)13(16)8-11-5-4-6-12(15)7-11/h4-7,10,15H,8-9H2,1-3H3. The number of benzene rings is 1. The SMILES string of the molecule is COCC(C)N(C)C(=O)Cc1cccc(O)c1.